The fourth-order valence-corrected chi connectivity index (χ4v) is 4.41. The molecule has 4 heterocycles. The highest BCUT2D eigenvalue weighted by molar-refractivity contribution is 5.89. The lowest BCUT2D eigenvalue weighted by atomic mass is 9.78. The number of rotatable bonds is 5. The molecule has 2 aliphatic rings. The molecule has 9 nitrogen and oxygen atoms in total. The number of aromatic amines is 1. The Labute approximate surface area is 176 Å². The molecule has 2 aromatic heterocycles. The van der Waals surface area contributed by atoms with Gasteiger partial charge in [0.15, 0.2) is 0 Å². The molecular weight excluding hydrogens is 384 g/mol. The normalized spacial score (nSPS) is 26.4. The van der Waals surface area contributed by atoms with Crippen LogP contribution in [0.4, 0.5) is 17.5 Å². The summed E-state index contributed by atoms with van der Waals surface area (Å²) in [6.07, 6.45) is 3.80. The molecule has 2 fully saturated rings. The summed E-state index contributed by atoms with van der Waals surface area (Å²) in [5.41, 5.74) is -0.320. The molecule has 0 radical (unpaired) electrons. The lowest BCUT2D eigenvalue weighted by Crippen LogP contribution is -2.46. The van der Waals surface area contributed by atoms with Crippen LogP contribution in [0.15, 0.2) is 18.3 Å². The summed E-state index contributed by atoms with van der Waals surface area (Å²) in [7, 11) is 0. The van der Waals surface area contributed by atoms with Crippen molar-refractivity contribution in [3.8, 4) is 0 Å². The first-order valence-electron chi connectivity index (χ1n) is 10.3. The maximum atomic E-state index is 11.7. The van der Waals surface area contributed by atoms with E-state index in [0.717, 1.165) is 5.82 Å². The molecule has 0 spiro atoms. The maximum Gasteiger partial charge on any atom is 0.143 e. The summed E-state index contributed by atoms with van der Waals surface area (Å²) in [5, 5.41) is 29.9. The van der Waals surface area contributed by atoms with E-state index in [1.807, 2.05) is 19.9 Å². The van der Waals surface area contributed by atoms with Crippen LogP contribution in [-0.2, 0) is 15.1 Å². The first-order valence-corrected chi connectivity index (χ1v) is 10.3. The summed E-state index contributed by atoms with van der Waals surface area (Å²) >= 11 is 0. The predicted molar refractivity (Wildman–Crippen MR) is 115 cm³/mol. The number of nitrogens with zero attached hydrogens (tertiary/aromatic N) is 3. The second kappa shape index (κ2) is 7.98. The van der Waals surface area contributed by atoms with Crippen LogP contribution < -0.4 is 10.2 Å². The van der Waals surface area contributed by atoms with Crippen molar-refractivity contribution < 1.29 is 14.6 Å². The van der Waals surface area contributed by atoms with Gasteiger partial charge >= 0.3 is 0 Å². The molecule has 162 valence electrons. The molecule has 9 heteroatoms. The average molecular weight is 415 g/mol. The lowest BCUT2D eigenvalue weighted by molar-refractivity contribution is -0.148. The Bertz CT molecular complexity index is 900. The van der Waals surface area contributed by atoms with E-state index in [1.54, 1.807) is 12.3 Å². The largest absolute Gasteiger partial charge is 0.385 e. The van der Waals surface area contributed by atoms with Gasteiger partial charge in [0.1, 0.15) is 17.5 Å². The molecule has 0 bridgehead atoms. The van der Waals surface area contributed by atoms with Crippen molar-refractivity contribution in [3.63, 3.8) is 0 Å². The molecule has 2 aromatic rings. The van der Waals surface area contributed by atoms with Crippen LogP contribution in [0, 0.1) is 5.41 Å². The molecule has 0 aromatic carbocycles. The number of aromatic nitrogens is 3. The van der Waals surface area contributed by atoms with Crippen molar-refractivity contribution in [1.82, 2.24) is 15.2 Å². The van der Waals surface area contributed by atoms with Crippen LogP contribution >= 0.6 is 0 Å². The van der Waals surface area contributed by atoms with Crippen LogP contribution in [0.3, 0.4) is 0 Å². The molecule has 2 aliphatic heterocycles. The summed E-state index contributed by atoms with van der Waals surface area (Å²) in [6, 6.07) is 3.89. The van der Waals surface area contributed by atoms with Crippen molar-refractivity contribution in [2.75, 3.05) is 36.6 Å². The van der Waals surface area contributed by atoms with Gasteiger partial charge in [0.2, 0.25) is 0 Å². The summed E-state index contributed by atoms with van der Waals surface area (Å²) in [5.74, 6) is 1.94. The van der Waals surface area contributed by atoms with Crippen LogP contribution in [0.1, 0.15) is 44.7 Å². The zero-order chi connectivity index (χ0) is 21.4. The first-order chi connectivity index (χ1) is 14.3. The van der Waals surface area contributed by atoms with Gasteiger partial charge in [-0.2, -0.15) is 5.10 Å². The van der Waals surface area contributed by atoms with Gasteiger partial charge in [-0.05, 0) is 32.4 Å². The van der Waals surface area contributed by atoms with Crippen molar-refractivity contribution in [2.45, 2.75) is 50.9 Å². The highest BCUT2D eigenvalue weighted by Crippen LogP contribution is 2.43. The zero-order valence-electron chi connectivity index (χ0n) is 17.7. The predicted octanol–water partition coefficient (Wildman–Crippen LogP) is 2.55. The van der Waals surface area contributed by atoms with Gasteiger partial charge < -0.3 is 30.2 Å². The van der Waals surface area contributed by atoms with Crippen molar-refractivity contribution in [3.05, 3.63) is 29.5 Å². The van der Waals surface area contributed by atoms with Crippen LogP contribution in [0.5, 0.6) is 0 Å². The van der Waals surface area contributed by atoms with Crippen molar-refractivity contribution in [2.24, 2.45) is 0 Å². The number of hydrogen-bond donors (Lipinski definition) is 4. The second-order valence-corrected chi connectivity index (χ2v) is 8.71. The highest BCUT2D eigenvalue weighted by atomic mass is 16.5. The molecule has 0 amide bonds. The van der Waals surface area contributed by atoms with Gasteiger partial charge in [-0.1, -0.05) is 0 Å². The minimum absolute atomic E-state index is 0.158. The number of morpholine rings is 1. The topological polar surface area (TPSA) is 119 Å². The number of pyridine rings is 1. The van der Waals surface area contributed by atoms with E-state index >= 15 is 0 Å². The SMILES string of the molecule is C[C@@H]1COCCN1c1cc([C@@]2(O)CCOC(C)(C)C2)c(C=N)c(Nc2ccn[nH]2)n1. The number of nitrogens with one attached hydrogen (secondary N) is 3. The van der Waals surface area contributed by atoms with E-state index in [9.17, 15) is 5.11 Å². The molecule has 4 N–H and O–H groups in total. The summed E-state index contributed by atoms with van der Waals surface area (Å²) in [6.45, 7) is 8.48. The quantitative estimate of drug-likeness (QED) is 0.555. The van der Waals surface area contributed by atoms with E-state index in [4.69, 9.17) is 19.9 Å². The third-order valence-corrected chi connectivity index (χ3v) is 5.83. The number of hydrogen-bond acceptors (Lipinski definition) is 8. The fraction of sp³-hybridized carbons (Fsp3) is 0.571. The average Bonchev–Trinajstić information content (AvgIpc) is 3.20. The van der Waals surface area contributed by atoms with Crippen molar-refractivity contribution in [1.29, 1.82) is 5.41 Å². The van der Waals surface area contributed by atoms with Gasteiger partial charge in [-0.25, -0.2) is 4.98 Å². The monoisotopic (exact) mass is 414 g/mol. The second-order valence-electron chi connectivity index (χ2n) is 8.71. The smallest absolute Gasteiger partial charge is 0.143 e. The third-order valence-electron chi connectivity index (χ3n) is 5.83. The number of anilines is 3. The van der Waals surface area contributed by atoms with Gasteiger partial charge in [-0.15, -0.1) is 0 Å². The van der Waals surface area contributed by atoms with Gasteiger partial charge in [0.05, 0.1) is 43.3 Å². The Morgan fingerprint density at radius 1 is 1.40 bits per heavy atom. The van der Waals surface area contributed by atoms with E-state index in [-0.39, 0.29) is 6.04 Å². The van der Waals surface area contributed by atoms with Crippen molar-refractivity contribution >= 4 is 23.7 Å². The van der Waals surface area contributed by atoms with Crippen LogP contribution in [-0.4, -0.2) is 64.5 Å². The van der Waals surface area contributed by atoms with E-state index in [1.165, 1.54) is 6.21 Å². The molecular formula is C21H30N6O3. The molecule has 0 aliphatic carbocycles. The maximum absolute atomic E-state index is 11.7. The Balaban J connectivity index is 1.84. The molecule has 4 rings (SSSR count). The molecule has 0 unspecified atom stereocenters. The standard InChI is InChI=1S/C21H30N6O3/c1-14-12-29-9-7-27(14)18-10-16(21(28)5-8-30-20(2,3)13-21)15(11-22)19(25-18)24-17-4-6-23-26-17/h4,6,10-11,14,22,28H,5,7-9,12-13H2,1-3H3,(H2,23,24,25,26)/t14-,21-/m1/s1. The van der Waals surface area contributed by atoms with Gasteiger partial charge in [-0.3, -0.25) is 5.10 Å². The lowest BCUT2D eigenvalue weighted by Gasteiger charge is -2.43. The van der Waals surface area contributed by atoms with E-state index in [0.29, 0.717) is 62.0 Å². The van der Waals surface area contributed by atoms with Crippen LogP contribution in [0.2, 0.25) is 0 Å². The number of ether oxygens (including phenoxy) is 2. The van der Waals surface area contributed by atoms with Crippen LogP contribution in [0.25, 0.3) is 0 Å². The molecule has 2 atom stereocenters. The van der Waals surface area contributed by atoms with Gasteiger partial charge in [0, 0.05) is 37.2 Å². The Hall–Kier alpha value is -2.49. The molecule has 30 heavy (non-hydrogen) atoms. The van der Waals surface area contributed by atoms with E-state index < -0.39 is 11.2 Å². The third kappa shape index (κ3) is 4.05. The van der Waals surface area contributed by atoms with E-state index in [2.05, 4.69) is 27.3 Å². The minimum atomic E-state index is -1.12. The summed E-state index contributed by atoms with van der Waals surface area (Å²) < 4.78 is 11.4. The molecule has 0 saturated carbocycles. The Morgan fingerprint density at radius 2 is 2.23 bits per heavy atom. The highest BCUT2D eigenvalue weighted by Gasteiger charge is 2.43. The fourth-order valence-electron chi connectivity index (χ4n) is 4.41. The Kier molecular flexibility index (Phi) is 5.52. The van der Waals surface area contributed by atoms with Gasteiger partial charge in [0.25, 0.3) is 0 Å². The minimum Gasteiger partial charge on any atom is -0.385 e. The number of aliphatic hydroxyl groups is 1. The Morgan fingerprint density at radius 3 is 2.90 bits per heavy atom. The first kappa shape index (κ1) is 20.8. The zero-order valence-corrected chi connectivity index (χ0v) is 17.7. The summed E-state index contributed by atoms with van der Waals surface area (Å²) in [4.78, 5) is 7.02. The number of H-pyrrole nitrogens is 1. The molecule has 2 saturated heterocycles.